The van der Waals surface area contributed by atoms with Gasteiger partial charge in [-0.05, 0) is 43.5 Å². The summed E-state index contributed by atoms with van der Waals surface area (Å²) in [6.45, 7) is 5.52. The Bertz CT molecular complexity index is 652. The topological polar surface area (TPSA) is 58.6 Å². The molecule has 1 atom stereocenters. The van der Waals surface area contributed by atoms with Crippen LogP contribution in [0.1, 0.15) is 12.0 Å². The molecule has 0 aliphatic carbocycles. The summed E-state index contributed by atoms with van der Waals surface area (Å²) in [5, 5.41) is 0.636. The van der Waals surface area contributed by atoms with Gasteiger partial charge < -0.3 is 9.64 Å². The minimum absolute atomic E-state index is 0.0790. The smallest absolute Gasteiger partial charge is 0.242 e. The van der Waals surface area contributed by atoms with Gasteiger partial charge in [-0.1, -0.05) is 23.2 Å². The van der Waals surface area contributed by atoms with Crippen molar-refractivity contribution in [3.63, 3.8) is 0 Å². The standard InChI is InChI=1S/C15H22Cl2N2O3S/c1-11-13(16)3-4-14(15(11)17)23(20,21)18-9-12-5-6-19(10-12)7-8-22-2/h3-4,12,18H,5-10H2,1-2H3/t12-/m1/s1. The van der Waals surface area contributed by atoms with Crippen molar-refractivity contribution in [1.29, 1.82) is 0 Å². The fourth-order valence-corrected chi connectivity index (χ4v) is 4.57. The third kappa shape index (κ3) is 4.81. The van der Waals surface area contributed by atoms with Crippen molar-refractivity contribution in [2.24, 2.45) is 5.92 Å². The first kappa shape index (κ1) is 19.0. The Morgan fingerprint density at radius 3 is 2.83 bits per heavy atom. The van der Waals surface area contributed by atoms with Crippen molar-refractivity contribution in [2.45, 2.75) is 18.2 Å². The van der Waals surface area contributed by atoms with E-state index in [0.29, 0.717) is 29.7 Å². The lowest BCUT2D eigenvalue weighted by molar-refractivity contribution is 0.159. The van der Waals surface area contributed by atoms with Crippen molar-refractivity contribution in [3.8, 4) is 0 Å². The Morgan fingerprint density at radius 2 is 2.13 bits per heavy atom. The number of nitrogens with one attached hydrogen (secondary N) is 1. The average molecular weight is 381 g/mol. The van der Waals surface area contributed by atoms with Crippen LogP contribution < -0.4 is 4.72 Å². The fourth-order valence-electron chi connectivity index (χ4n) is 2.65. The molecule has 0 aromatic heterocycles. The third-order valence-corrected chi connectivity index (χ3v) is 6.59. The molecule has 1 fully saturated rings. The minimum Gasteiger partial charge on any atom is -0.383 e. The number of sulfonamides is 1. The highest BCUT2D eigenvalue weighted by molar-refractivity contribution is 7.89. The van der Waals surface area contributed by atoms with Crippen LogP contribution in [0.3, 0.4) is 0 Å². The normalized spacial score (nSPS) is 19.4. The number of hydrogen-bond donors (Lipinski definition) is 1. The lowest BCUT2D eigenvalue weighted by atomic mass is 10.1. The Morgan fingerprint density at radius 1 is 1.39 bits per heavy atom. The van der Waals surface area contributed by atoms with Crippen LogP contribution in [0.4, 0.5) is 0 Å². The zero-order valence-electron chi connectivity index (χ0n) is 13.3. The number of methoxy groups -OCH3 is 1. The van der Waals surface area contributed by atoms with Gasteiger partial charge in [0.15, 0.2) is 0 Å². The van der Waals surface area contributed by atoms with Crippen LogP contribution in [-0.4, -0.2) is 53.2 Å². The molecule has 1 aliphatic heterocycles. The fraction of sp³-hybridized carbons (Fsp3) is 0.600. The molecule has 0 radical (unpaired) electrons. The predicted octanol–water partition coefficient (Wildman–Crippen LogP) is 2.55. The van der Waals surface area contributed by atoms with E-state index in [4.69, 9.17) is 27.9 Å². The van der Waals surface area contributed by atoms with Gasteiger partial charge >= 0.3 is 0 Å². The van der Waals surface area contributed by atoms with Crippen LogP contribution in [0.15, 0.2) is 17.0 Å². The van der Waals surface area contributed by atoms with Gasteiger partial charge in [0.25, 0.3) is 0 Å². The first-order chi connectivity index (χ1) is 10.8. The largest absolute Gasteiger partial charge is 0.383 e. The van der Waals surface area contributed by atoms with Gasteiger partial charge in [-0.2, -0.15) is 0 Å². The molecule has 2 rings (SSSR count). The van der Waals surface area contributed by atoms with E-state index in [1.165, 1.54) is 6.07 Å². The van der Waals surface area contributed by atoms with Gasteiger partial charge in [-0.15, -0.1) is 0 Å². The summed E-state index contributed by atoms with van der Waals surface area (Å²) in [5.41, 5.74) is 0.572. The maximum atomic E-state index is 12.5. The molecule has 1 aromatic carbocycles. The van der Waals surface area contributed by atoms with Gasteiger partial charge in [-0.3, -0.25) is 0 Å². The number of likely N-dealkylation sites (tertiary alicyclic amines) is 1. The second-order valence-electron chi connectivity index (χ2n) is 5.78. The van der Waals surface area contributed by atoms with Crippen LogP contribution >= 0.6 is 23.2 Å². The maximum Gasteiger partial charge on any atom is 0.242 e. The highest BCUT2D eigenvalue weighted by Gasteiger charge is 2.25. The van der Waals surface area contributed by atoms with E-state index in [0.717, 1.165) is 26.1 Å². The zero-order chi connectivity index (χ0) is 17.0. The van der Waals surface area contributed by atoms with Crippen LogP contribution in [0, 0.1) is 12.8 Å². The molecular weight excluding hydrogens is 359 g/mol. The van der Waals surface area contributed by atoms with Crippen LogP contribution in [0.25, 0.3) is 0 Å². The monoisotopic (exact) mass is 380 g/mol. The molecule has 0 amide bonds. The first-order valence-corrected chi connectivity index (χ1v) is 9.74. The van der Waals surface area contributed by atoms with E-state index in [1.54, 1.807) is 20.1 Å². The maximum absolute atomic E-state index is 12.5. The Hall–Kier alpha value is -0.370. The highest BCUT2D eigenvalue weighted by Crippen LogP contribution is 2.30. The molecule has 8 heteroatoms. The van der Waals surface area contributed by atoms with Gasteiger partial charge in [-0.25, -0.2) is 13.1 Å². The molecule has 1 heterocycles. The molecule has 0 saturated carbocycles. The van der Waals surface area contributed by atoms with E-state index >= 15 is 0 Å². The summed E-state index contributed by atoms with van der Waals surface area (Å²) in [6, 6.07) is 3.00. The lowest BCUT2D eigenvalue weighted by Crippen LogP contribution is -2.32. The van der Waals surface area contributed by atoms with Crippen molar-refractivity contribution < 1.29 is 13.2 Å². The van der Waals surface area contributed by atoms with E-state index < -0.39 is 10.0 Å². The average Bonchev–Trinajstić information content (AvgIpc) is 2.96. The summed E-state index contributed by atoms with van der Waals surface area (Å²) in [4.78, 5) is 2.36. The molecule has 1 saturated heterocycles. The number of halogens is 2. The van der Waals surface area contributed by atoms with Gasteiger partial charge in [0.05, 0.1) is 11.6 Å². The number of rotatable bonds is 7. The third-order valence-electron chi connectivity index (χ3n) is 4.12. The van der Waals surface area contributed by atoms with Crippen molar-refractivity contribution >= 4 is 33.2 Å². The lowest BCUT2D eigenvalue weighted by Gasteiger charge is -2.16. The van der Waals surface area contributed by atoms with E-state index in [1.807, 2.05) is 0 Å². The summed E-state index contributed by atoms with van der Waals surface area (Å²) >= 11 is 12.1. The van der Waals surface area contributed by atoms with Gasteiger partial charge in [0, 0.05) is 31.8 Å². The highest BCUT2D eigenvalue weighted by atomic mass is 35.5. The van der Waals surface area contributed by atoms with Crippen molar-refractivity contribution in [3.05, 3.63) is 27.7 Å². The molecule has 23 heavy (non-hydrogen) atoms. The van der Waals surface area contributed by atoms with E-state index in [-0.39, 0.29) is 9.92 Å². The number of ether oxygens (including phenoxy) is 1. The first-order valence-electron chi connectivity index (χ1n) is 7.50. The molecule has 0 unspecified atom stereocenters. The van der Waals surface area contributed by atoms with Crippen LogP contribution in [-0.2, 0) is 14.8 Å². The molecule has 1 N–H and O–H groups in total. The molecule has 1 aromatic rings. The molecule has 5 nitrogen and oxygen atoms in total. The van der Waals surface area contributed by atoms with E-state index in [2.05, 4.69) is 9.62 Å². The number of hydrogen-bond acceptors (Lipinski definition) is 4. The SMILES string of the molecule is COCCN1CC[C@H](CNS(=O)(=O)c2ccc(Cl)c(C)c2Cl)C1. The number of nitrogens with zero attached hydrogens (tertiary/aromatic N) is 1. The molecule has 0 bridgehead atoms. The van der Waals surface area contributed by atoms with Gasteiger partial charge in [0.2, 0.25) is 10.0 Å². The molecule has 130 valence electrons. The van der Waals surface area contributed by atoms with Crippen molar-refractivity contribution in [1.82, 2.24) is 9.62 Å². The Labute approximate surface area is 148 Å². The molecular formula is C15H22Cl2N2O3S. The van der Waals surface area contributed by atoms with Crippen molar-refractivity contribution in [2.75, 3.05) is 39.9 Å². The molecule has 0 spiro atoms. The molecule has 1 aliphatic rings. The van der Waals surface area contributed by atoms with Crippen LogP contribution in [0.5, 0.6) is 0 Å². The second kappa shape index (κ2) is 8.14. The zero-order valence-corrected chi connectivity index (χ0v) is 15.6. The summed E-state index contributed by atoms with van der Waals surface area (Å²) in [5.74, 6) is 0.300. The summed E-state index contributed by atoms with van der Waals surface area (Å²) in [7, 11) is -1.96. The summed E-state index contributed by atoms with van der Waals surface area (Å²) < 4.78 is 32.6. The Balaban J connectivity index is 1.97. The Kier molecular flexibility index (Phi) is 6.71. The summed E-state index contributed by atoms with van der Waals surface area (Å²) in [6.07, 6.45) is 0.972. The van der Waals surface area contributed by atoms with Crippen LogP contribution in [0.2, 0.25) is 10.0 Å². The second-order valence-corrected chi connectivity index (χ2v) is 8.31. The quantitative estimate of drug-likeness (QED) is 0.789. The minimum atomic E-state index is -3.64. The predicted molar refractivity (Wildman–Crippen MR) is 92.8 cm³/mol. The number of benzene rings is 1. The van der Waals surface area contributed by atoms with Gasteiger partial charge in [0.1, 0.15) is 4.90 Å². The van der Waals surface area contributed by atoms with E-state index in [9.17, 15) is 8.42 Å².